The molecule has 4 rings (SSSR count). The third-order valence-corrected chi connectivity index (χ3v) is 7.12. The Morgan fingerprint density at radius 1 is 1.21 bits per heavy atom. The molecule has 2 amide bonds. The molecule has 0 unspecified atom stereocenters. The second-order valence-electron chi connectivity index (χ2n) is 8.87. The largest absolute Gasteiger partial charge is 0.379 e. The highest BCUT2D eigenvalue weighted by Crippen LogP contribution is 2.35. The Hall–Kier alpha value is -2.62. The normalized spacial score (nSPS) is 18.9. The van der Waals surface area contributed by atoms with Crippen LogP contribution in [0.3, 0.4) is 0 Å². The van der Waals surface area contributed by atoms with Gasteiger partial charge in [-0.2, -0.15) is 5.10 Å². The zero-order valence-electron chi connectivity index (χ0n) is 19.7. The molecule has 7 nitrogen and oxygen atoms in total. The fourth-order valence-electron chi connectivity index (χ4n) is 4.26. The summed E-state index contributed by atoms with van der Waals surface area (Å²) in [5.41, 5.74) is 0.946. The summed E-state index contributed by atoms with van der Waals surface area (Å²) in [6, 6.07) is 10.1. The molecule has 0 radical (unpaired) electrons. The van der Waals surface area contributed by atoms with Crippen LogP contribution in [0.5, 0.6) is 0 Å². The summed E-state index contributed by atoms with van der Waals surface area (Å²) in [6.07, 6.45) is 0.430. The Morgan fingerprint density at radius 2 is 1.97 bits per heavy atom. The van der Waals surface area contributed by atoms with E-state index in [4.69, 9.17) is 4.74 Å². The number of carbonyl (C=O) groups is 2. The monoisotopic (exact) mass is 486 g/mol. The van der Waals surface area contributed by atoms with Crippen molar-refractivity contribution in [1.82, 2.24) is 14.8 Å². The topological polar surface area (TPSA) is 65.5 Å². The van der Waals surface area contributed by atoms with Crippen molar-refractivity contribution in [3.05, 3.63) is 58.0 Å². The number of ether oxygens (including phenoxy) is 1. The SMILES string of the molecule is CC(C)C(=O)N(CCN1CCOCC1)CC(=O)N1N=C(c2ccccc2F)C[C@H]1c1cccs1. The van der Waals surface area contributed by atoms with Crippen molar-refractivity contribution < 1.29 is 18.7 Å². The molecule has 0 aliphatic carbocycles. The Kier molecular flexibility index (Phi) is 8.07. The van der Waals surface area contributed by atoms with Gasteiger partial charge < -0.3 is 9.64 Å². The van der Waals surface area contributed by atoms with Crippen molar-refractivity contribution in [2.45, 2.75) is 26.3 Å². The number of thiophene rings is 1. The van der Waals surface area contributed by atoms with Gasteiger partial charge >= 0.3 is 0 Å². The van der Waals surface area contributed by atoms with Crippen LogP contribution < -0.4 is 0 Å². The van der Waals surface area contributed by atoms with E-state index in [0.717, 1.165) is 18.0 Å². The summed E-state index contributed by atoms with van der Waals surface area (Å²) < 4.78 is 19.9. The van der Waals surface area contributed by atoms with E-state index < -0.39 is 0 Å². The number of hydrogen-bond acceptors (Lipinski definition) is 6. The van der Waals surface area contributed by atoms with Crippen LogP contribution in [-0.4, -0.2) is 78.3 Å². The van der Waals surface area contributed by atoms with E-state index in [1.165, 1.54) is 11.1 Å². The number of hydrogen-bond donors (Lipinski definition) is 0. The van der Waals surface area contributed by atoms with E-state index in [2.05, 4.69) is 10.0 Å². The van der Waals surface area contributed by atoms with Gasteiger partial charge in [0.1, 0.15) is 12.4 Å². The molecule has 0 bridgehead atoms. The lowest BCUT2D eigenvalue weighted by atomic mass is 10.0. The molecule has 0 spiro atoms. The predicted octanol–water partition coefficient (Wildman–Crippen LogP) is 3.38. The van der Waals surface area contributed by atoms with Gasteiger partial charge in [0.2, 0.25) is 5.91 Å². The van der Waals surface area contributed by atoms with Crippen molar-refractivity contribution in [2.24, 2.45) is 11.0 Å². The lowest BCUT2D eigenvalue weighted by molar-refractivity contribution is -0.143. The number of rotatable bonds is 8. The van der Waals surface area contributed by atoms with E-state index in [9.17, 15) is 14.0 Å². The van der Waals surface area contributed by atoms with Crippen LogP contribution in [-0.2, 0) is 14.3 Å². The van der Waals surface area contributed by atoms with E-state index >= 15 is 0 Å². The van der Waals surface area contributed by atoms with E-state index in [1.807, 2.05) is 31.4 Å². The van der Waals surface area contributed by atoms with Gasteiger partial charge in [0.25, 0.3) is 5.91 Å². The number of benzene rings is 1. The van der Waals surface area contributed by atoms with Crippen molar-refractivity contribution >= 4 is 28.9 Å². The van der Waals surface area contributed by atoms with Crippen molar-refractivity contribution in [3.63, 3.8) is 0 Å². The van der Waals surface area contributed by atoms with Crippen molar-refractivity contribution in [1.29, 1.82) is 0 Å². The van der Waals surface area contributed by atoms with Crippen LogP contribution >= 0.6 is 11.3 Å². The Morgan fingerprint density at radius 3 is 2.65 bits per heavy atom. The molecule has 1 aromatic heterocycles. The minimum absolute atomic E-state index is 0.0583. The van der Waals surface area contributed by atoms with Crippen LogP contribution in [0, 0.1) is 11.7 Å². The first-order chi connectivity index (χ1) is 16.4. The number of carbonyl (C=O) groups excluding carboxylic acids is 2. The first-order valence-corrected chi connectivity index (χ1v) is 12.6. The third kappa shape index (κ3) is 5.71. The molecule has 1 saturated heterocycles. The van der Waals surface area contributed by atoms with Gasteiger partial charge in [-0.1, -0.05) is 38.1 Å². The van der Waals surface area contributed by atoms with E-state index in [-0.39, 0.29) is 36.1 Å². The molecule has 1 aromatic carbocycles. The van der Waals surface area contributed by atoms with Gasteiger partial charge in [0.05, 0.1) is 25.0 Å². The minimum Gasteiger partial charge on any atom is -0.379 e. The van der Waals surface area contributed by atoms with E-state index in [0.29, 0.717) is 44.0 Å². The maximum atomic E-state index is 14.5. The first kappa shape index (κ1) is 24.5. The molecule has 0 saturated carbocycles. The predicted molar refractivity (Wildman–Crippen MR) is 130 cm³/mol. The van der Waals surface area contributed by atoms with Gasteiger partial charge in [-0.25, -0.2) is 9.40 Å². The van der Waals surface area contributed by atoms with Crippen LogP contribution in [0.1, 0.15) is 36.8 Å². The minimum atomic E-state index is -0.359. The number of halogens is 1. The molecule has 3 heterocycles. The quantitative estimate of drug-likeness (QED) is 0.574. The number of amides is 2. The number of hydrazone groups is 1. The second-order valence-corrected chi connectivity index (χ2v) is 9.85. The molecular weight excluding hydrogens is 455 g/mol. The number of nitrogens with zero attached hydrogens (tertiary/aromatic N) is 4. The highest BCUT2D eigenvalue weighted by molar-refractivity contribution is 7.10. The second kappa shape index (κ2) is 11.2. The van der Waals surface area contributed by atoms with Crippen molar-refractivity contribution in [2.75, 3.05) is 45.9 Å². The smallest absolute Gasteiger partial charge is 0.262 e. The van der Waals surface area contributed by atoms with Gasteiger partial charge in [0, 0.05) is 49.0 Å². The lowest BCUT2D eigenvalue weighted by Gasteiger charge is -2.31. The standard InChI is InChI=1S/C25H31FN4O3S/c1-18(2)25(32)29(10-9-28-11-13-33-14-12-28)17-24(31)30-22(23-8-5-15-34-23)16-21(27-30)19-6-3-4-7-20(19)26/h3-8,15,18,22H,9-14,16-17H2,1-2H3/t22-/m0/s1. The summed E-state index contributed by atoms with van der Waals surface area (Å²) in [4.78, 5) is 31.3. The van der Waals surface area contributed by atoms with Crippen LogP contribution in [0.25, 0.3) is 0 Å². The average Bonchev–Trinajstić information content (AvgIpc) is 3.52. The fraction of sp³-hybridized carbons (Fsp3) is 0.480. The molecule has 2 aromatic rings. The lowest BCUT2D eigenvalue weighted by Crippen LogP contribution is -2.47. The molecule has 2 aliphatic heterocycles. The molecule has 9 heteroatoms. The molecule has 1 fully saturated rings. The summed E-state index contributed by atoms with van der Waals surface area (Å²) in [5.74, 6) is -0.906. The van der Waals surface area contributed by atoms with Crippen LogP contribution in [0.4, 0.5) is 4.39 Å². The Bertz CT molecular complexity index is 1020. The summed E-state index contributed by atoms with van der Waals surface area (Å²) in [6.45, 7) is 7.78. The summed E-state index contributed by atoms with van der Waals surface area (Å²) >= 11 is 1.54. The molecular formula is C25H31FN4O3S. The molecule has 2 aliphatic rings. The average molecular weight is 487 g/mol. The molecule has 1 atom stereocenters. The van der Waals surface area contributed by atoms with Crippen molar-refractivity contribution in [3.8, 4) is 0 Å². The van der Waals surface area contributed by atoms with Crippen LogP contribution in [0.15, 0.2) is 46.9 Å². The third-order valence-electron chi connectivity index (χ3n) is 6.14. The van der Waals surface area contributed by atoms with Gasteiger partial charge in [-0.3, -0.25) is 14.5 Å². The van der Waals surface area contributed by atoms with Crippen LogP contribution in [0.2, 0.25) is 0 Å². The maximum absolute atomic E-state index is 14.5. The van der Waals surface area contributed by atoms with E-state index in [1.54, 1.807) is 34.4 Å². The van der Waals surface area contributed by atoms with Gasteiger partial charge in [0.15, 0.2) is 0 Å². The zero-order chi connectivity index (χ0) is 24.1. The van der Waals surface area contributed by atoms with Gasteiger partial charge in [-0.15, -0.1) is 11.3 Å². The first-order valence-electron chi connectivity index (χ1n) is 11.7. The molecule has 0 N–H and O–H groups in total. The maximum Gasteiger partial charge on any atom is 0.262 e. The summed E-state index contributed by atoms with van der Waals surface area (Å²) in [7, 11) is 0. The zero-order valence-corrected chi connectivity index (χ0v) is 20.5. The molecule has 34 heavy (non-hydrogen) atoms. The fourth-order valence-corrected chi connectivity index (χ4v) is 5.07. The Balaban J connectivity index is 1.53. The Labute approximate surface area is 203 Å². The highest BCUT2D eigenvalue weighted by Gasteiger charge is 2.35. The number of morpholine rings is 1. The molecule has 182 valence electrons. The highest BCUT2D eigenvalue weighted by atomic mass is 32.1. The summed E-state index contributed by atoms with van der Waals surface area (Å²) in [5, 5.41) is 7.97. The van der Waals surface area contributed by atoms with Gasteiger partial charge in [-0.05, 0) is 17.5 Å².